The lowest BCUT2D eigenvalue weighted by atomic mass is 9.89. The van der Waals surface area contributed by atoms with Gasteiger partial charge in [0.15, 0.2) is 5.78 Å². The lowest BCUT2D eigenvalue weighted by Crippen LogP contribution is -2.45. The summed E-state index contributed by atoms with van der Waals surface area (Å²) >= 11 is 0. The fourth-order valence-corrected chi connectivity index (χ4v) is 4.38. The first kappa shape index (κ1) is 21.2. The number of urea groups is 1. The maximum atomic E-state index is 12.7. The van der Waals surface area contributed by atoms with Crippen LogP contribution in [0.3, 0.4) is 0 Å². The van der Waals surface area contributed by atoms with E-state index < -0.39 is 0 Å². The first-order valence-corrected chi connectivity index (χ1v) is 11.1. The van der Waals surface area contributed by atoms with E-state index in [9.17, 15) is 9.59 Å². The number of ketones is 1. The Morgan fingerprint density at radius 1 is 1.16 bits per heavy atom. The number of amides is 2. The Balaban J connectivity index is 1.33. The molecule has 1 saturated heterocycles. The molecule has 1 unspecified atom stereocenters. The van der Waals surface area contributed by atoms with Crippen LogP contribution in [-0.4, -0.2) is 42.5 Å². The molecule has 2 aromatic rings. The average molecular weight is 423 g/mol. The van der Waals surface area contributed by atoms with Gasteiger partial charge in [0.05, 0.1) is 6.61 Å². The number of hydrogen-bond donors (Lipinski definition) is 1. The predicted octanol–water partition coefficient (Wildman–Crippen LogP) is 4.21. The molecule has 6 heteroatoms. The molecular weight excluding hydrogens is 392 g/mol. The summed E-state index contributed by atoms with van der Waals surface area (Å²) in [5, 5.41) is 3.01. The molecule has 164 valence electrons. The molecule has 0 saturated carbocycles. The van der Waals surface area contributed by atoms with Gasteiger partial charge in [0.25, 0.3) is 0 Å². The standard InChI is InChI=1S/C25H30N2O4/c1-3-30-22-14-20-13-17(2)31-23(20)15-21(22)16-26-25(29)27-11-9-19(10-12-27)24(28)18-7-5-4-6-8-18/h4-8,14-15,17,19H,3,9-13,16H2,1-2H3,(H,26,29). The molecule has 0 aromatic heterocycles. The van der Waals surface area contributed by atoms with Crippen LogP contribution in [0.25, 0.3) is 0 Å². The minimum Gasteiger partial charge on any atom is -0.494 e. The zero-order valence-electron chi connectivity index (χ0n) is 18.2. The van der Waals surface area contributed by atoms with E-state index in [2.05, 4.69) is 5.32 Å². The van der Waals surface area contributed by atoms with Crippen molar-refractivity contribution in [3.63, 3.8) is 0 Å². The smallest absolute Gasteiger partial charge is 0.317 e. The monoisotopic (exact) mass is 422 g/mol. The normalized spacial score (nSPS) is 18.3. The Hall–Kier alpha value is -3.02. The minimum absolute atomic E-state index is 0.0214. The molecule has 1 fully saturated rings. The number of benzene rings is 2. The number of Topliss-reactive ketones (excluding diaryl/α,β-unsaturated/α-hetero) is 1. The summed E-state index contributed by atoms with van der Waals surface area (Å²) in [6.45, 7) is 6.11. The highest BCUT2D eigenvalue weighted by molar-refractivity contribution is 5.98. The number of likely N-dealkylation sites (tertiary alicyclic amines) is 1. The number of fused-ring (bicyclic) bond motifs is 1. The van der Waals surface area contributed by atoms with Gasteiger partial charge < -0.3 is 19.7 Å². The zero-order valence-corrected chi connectivity index (χ0v) is 18.2. The van der Waals surface area contributed by atoms with E-state index in [1.807, 2.05) is 56.3 Å². The first-order chi connectivity index (χ1) is 15.0. The topological polar surface area (TPSA) is 67.9 Å². The van der Waals surface area contributed by atoms with Gasteiger partial charge in [-0.25, -0.2) is 4.79 Å². The second kappa shape index (κ2) is 9.41. The molecule has 2 aromatic carbocycles. The van der Waals surface area contributed by atoms with Crippen LogP contribution >= 0.6 is 0 Å². The highest BCUT2D eigenvalue weighted by Crippen LogP contribution is 2.35. The molecule has 0 aliphatic carbocycles. The summed E-state index contributed by atoms with van der Waals surface area (Å²) in [6.07, 6.45) is 2.42. The molecule has 2 amide bonds. The number of carbonyl (C=O) groups is 2. The third-order valence-electron chi connectivity index (χ3n) is 6.02. The Kier molecular flexibility index (Phi) is 6.44. The summed E-state index contributed by atoms with van der Waals surface area (Å²) in [7, 11) is 0. The first-order valence-electron chi connectivity index (χ1n) is 11.1. The van der Waals surface area contributed by atoms with Crippen molar-refractivity contribution in [1.29, 1.82) is 0 Å². The van der Waals surface area contributed by atoms with Crippen molar-refractivity contribution in [1.82, 2.24) is 10.2 Å². The van der Waals surface area contributed by atoms with Crippen LogP contribution in [0.1, 0.15) is 48.2 Å². The maximum absolute atomic E-state index is 12.7. The van der Waals surface area contributed by atoms with E-state index in [0.717, 1.165) is 34.6 Å². The van der Waals surface area contributed by atoms with Gasteiger partial charge in [-0.1, -0.05) is 30.3 Å². The van der Waals surface area contributed by atoms with Crippen LogP contribution in [0.15, 0.2) is 42.5 Å². The van der Waals surface area contributed by atoms with Gasteiger partial charge in [0.2, 0.25) is 0 Å². The molecule has 2 aliphatic heterocycles. The third kappa shape index (κ3) is 4.84. The van der Waals surface area contributed by atoms with Crippen molar-refractivity contribution in [3.8, 4) is 11.5 Å². The highest BCUT2D eigenvalue weighted by atomic mass is 16.5. The summed E-state index contributed by atoms with van der Waals surface area (Å²) in [4.78, 5) is 27.2. The molecule has 1 N–H and O–H groups in total. The lowest BCUT2D eigenvalue weighted by Gasteiger charge is -2.31. The van der Waals surface area contributed by atoms with Gasteiger partial charge in [0, 0.05) is 48.7 Å². The molecule has 4 rings (SSSR count). The molecule has 31 heavy (non-hydrogen) atoms. The Morgan fingerprint density at radius 3 is 2.61 bits per heavy atom. The number of rotatable bonds is 6. The number of ether oxygens (including phenoxy) is 2. The van der Waals surface area contributed by atoms with E-state index in [1.165, 1.54) is 0 Å². The summed E-state index contributed by atoms with van der Waals surface area (Å²) in [5.74, 6) is 1.83. The number of piperidine rings is 1. The van der Waals surface area contributed by atoms with Crippen LogP contribution in [-0.2, 0) is 13.0 Å². The Labute approximate surface area is 183 Å². The Bertz CT molecular complexity index is 936. The molecule has 2 heterocycles. The van der Waals surface area contributed by atoms with Gasteiger partial charge in [-0.2, -0.15) is 0 Å². The lowest BCUT2D eigenvalue weighted by molar-refractivity contribution is 0.0854. The molecule has 1 atom stereocenters. The van der Waals surface area contributed by atoms with Gasteiger partial charge in [-0.05, 0) is 38.8 Å². The Morgan fingerprint density at radius 2 is 1.90 bits per heavy atom. The average Bonchev–Trinajstić information content (AvgIpc) is 3.16. The molecule has 6 nitrogen and oxygen atoms in total. The second-order valence-electron chi connectivity index (χ2n) is 8.28. The van der Waals surface area contributed by atoms with Crippen molar-refractivity contribution < 1.29 is 19.1 Å². The molecule has 0 bridgehead atoms. The van der Waals surface area contributed by atoms with Crippen molar-refractivity contribution in [2.45, 2.75) is 45.8 Å². The van der Waals surface area contributed by atoms with E-state index in [4.69, 9.17) is 9.47 Å². The van der Waals surface area contributed by atoms with Gasteiger partial charge >= 0.3 is 6.03 Å². The number of carbonyl (C=O) groups excluding carboxylic acids is 2. The molecular formula is C25H30N2O4. The predicted molar refractivity (Wildman–Crippen MR) is 119 cm³/mol. The van der Waals surface area contributed by atoms with Gasteiger partial charge in [-0.15, -0.1) is 0 Å². The SMILES string of the molecule is CCOc1cc2c(cc1CNC(=O)N1CCC(C(=O)c3ccccc3)CC1)OC(C)C2. The van der Waals surface area contributed by atoms with Crippen molar-refractivity contribution in [2.24, 2.45) is 5.92 Å². The minimum atomic E-state index is -0.108. The van der Waals surface area contributed by atoms with Crippen LogP contribution in [0.5, 0.6) is 11.5 Å². The maximum Gasteiger partial charge on any atom is 0.317 e. The van der Waals surface area contributed by atoms with Crippen molar-refractivity contribution >= 4 is 11.8 Å². The summed E-state index contributed by atoms with van der Waals surface area (Å²) in [6, 6.07) is 13.3. The van der Waals surface area contributed by atoms with Crippen LogP contribution < -0.4 is 14.8 Å². The molecule has 2 aliphatic rings. The fraction of sp³-hybridized carbons (Fsp3) is 0.440. The highest BCUT2D eigenvalue weighted by Gasteiger charge is 2.28. The molecule has 0 spiro atoms. The number of nitrogens with zero attached hydrogens (tertiary/aromatic N) is 1. The molecule has 0 radical (unpaired) electrons. The number of hydrogen-bond acceptors (Lipinski definition) is 4. The van der Waals surface area contributed by atoms with Gasteiger partial charge in [-0.3, -0.25) is 4.79 Å². The van der Waals surface area contributed by atoms with E-state index >= 15 is 0 Å². The third-order valence-corrected chi connectivity index (χ3v) is 6.02. The van der Waals surface area contributed by atoms with E-state index in [1.54, 1.807) is 4.90 Å². The van der Waals surface area contributed by atoms with Crippen LogP contribution in [0.2, 0.25) is 0 Å². The van der Waals surface area contributed by atoms with Crippen molar-refractivity contribution in [3.05, 3.63) is 59.2 Å². The quantitative estimate of drug-likeness (QED) is 0.708. The van der Waals surface area contributed by atoms with Crippen molar-refractivity contribution in [2.75, 3.05) is 19.7 Å². The largest absolute Gasteiger partial charge is 0.494 e. The zero-order chi connectivity index (χ0) is 21.8. The van der Waals surface area contributed by atoms with Gasteiger partial charge in [0.1, 0.15) is 17.6 Å². The summed E-state index contributed by atoms with van der Waals surface area (Å²) in [5.41, 5.74) is 2.82. The fourth-order valence-electron chi connectivity index (χ4n) is 4.38. The summed E-state index contributed by atoms with van der Waals surface area (Å²) < 4.78 is 11.7. The van der Waals surface area contributed by atoms with Crippen LogP contribution in [0, 0.1) is 5.92 Å². The van der Waals surface area contributed by atoms with Crippen LogP contribution in [0.4, 0.5) is 4.79 Å². The second-order valence-corrected chi connectivity index (χ2v) is 8.28. The van der Waals surface area contributed by atoms with E-state index in [-0.39, 0.29) is 23.8 Å². The number of nitrogens with one attached hydrogen (secondary N) is 1. The van der Waals surface area contributed by atoms with E-state index in [0.29, 0.717) is 39.1 Å².